The molecule has 0 radical (unpaired) electrons. The number of hydrogen-bond donors (Lipinski definition) is 2. The van der Waals surface area contributed by atoms with E-state index in [9.17, 15) is 8.42 Å². The molecule has 3 N–H and O–H groups in total. The van der Waals surface area contributed by atoms with Crippen LogP contribution < -0.4 is 10.5 Å². The molecule has 0 aromatic heterocycles. The van der Waals surface area contributed by atoms with E-state index in [1.165, 1.54) is 25.3 Å². The summed E-state index contributed by atoms with van der Waals surface area (Å²) in [5.41, 5.74) is 5.25. The van der Waals surface area contributed by atoms with E-state index in [4.69, 9.17) is 20.5 Å². The smallest absolute Gasteiger partial charge is 0.241 e. The molecule has 1 unspecified atom stereocenters. The Kier molecular flexibility index (Phi) is 4.49. The van der Waals surface area contributed by atoms with Gasteiger partial charge in [0.2, 0.25) is 10.0 Å². The molecule has 8 heteroatoms. The van der Waals surface area contributed by atoms with Gasteiger partial charge in [-0.3, -0.25) is 0 Å². The summed E-state index contributed by atoms with van der Waals surface area (Å²) in [7, 11) is -2.30. The molecular weight excluding hydrogens is 294 g/mol. The van der Waals surface area contributed by atoms with E-state index in [0.717, 1.165) is 0 Å². The Morgan fingerprint density at radius 1 is 1.57 bits per heavy atom. The van der Waals surface area contributed by atoms with Crippen molar-refractivity contribution >= 4 is 15.7 Å². The van der Waals surface area contributed by atoms with Crippen LogP contribution in [0.15, 0.2) is 23.1 Å². The molecule has 1 heterocycles. The van der Waals surface area contributed by atoms with Gasteiger partial charge in [0.1, 0.15) is 11.7 Å². The molecule has 1 aromatic rings. The highest BCUT2D eigenvalue weighted by Crippen LogP contribution is 2.23. The lowest BCUT2D eigenvalue weighted by atomic mass is 10.0. The largest absolute Gasteiger partial charge is 0.399 e. The number of anilines is 1. The molecule has 114 valence electrons. The minimum absolute atomic E-state index is 0.0108. The maximum Gasteiger partial charge on any atom is 0.241 e. The molecular formula is C13H17N3O4S. The average molecular weight is 311 g/mol. The Morgan fingerprint density at radius 3 is 2.90 bits per heavy atom. The minimum atomic E-state index is -3.82. The van der Waals surface area contributed by atoms with Gasteiger partial charge >= 0.3 is 0 Å². The fourth-order valence-electron chi connectivity index (χ4n) is 2.13. The lowest BCUT2D eigenvalue weighted by molar-refractivity contribution is -0.0120. The van der Waals surface area contributed by atoms with Crippen LogP contribution >= 0.6 is 0 Å². The number of ether oxygens (including phenoxy) is 2. The summed E-state index contributed by atoms with van der Waals surface area (Å²) in [4.78, 5) is -0.0932. The van der Waals surface area contributed by atoms with E-state index in [1.807, 2.05) is 6.07 Å². The minimum Gasteiger partial charge on any atom is -0.399 e. The van der Waals surface area contributed by atoms with Crippen molar-refractivity contribution in [2.24, 2.45) is 0 Å². The van der Waals surface area contributed by atoms with Gasteiger partial charge in [-0.05, 0) is 18.2 Å². The van der Waals surface area contributed by atoms with Crippen molar-refractivity contribution < 1.29 is 17.9 Å². The van der Waals surface area contributed by atoms with Crippen molar-refractivity contribution in [3.05, 3.63) is 23.8 Å². The predicted molar refractivity (Wildman–Crippen MR) is 75.9 cm³/mol. The second-order valence-corrected chi connectivity index (χ2v) is 6.62. The van der Waals surface area contributed by atoms with Gasteiger partial charge in [-0.25, -0.2) is 13.1 Å². The van der Waals surface area contributed by atoms with Crippen LogP contribution in [0.2, 0.25) is 0 Å². The number of nitriles is 1. The number of nitrogens with one attached hydrogen (secondary N) is 1. The second kappa shape index (κ2) is 5.99. The van der Waals surface area contributed by atoms with Crippen molar-refractivity contribution in [3.8, 4) is 6.07 Å². The van der Waals surface area contributed by atoms with E-state index in [0.29, 0.717) is 25.3 Å². The van der Waals surface area contributed by atoms with Gasteiger partial charge < -0.3 is 15.2 Å². The molecule has 1 fully saturated rings. The van der Waals surface area contributed by atoms with Crippen LogP contribution in [0.1, 0.15) is 12.0 Å². The van der Waals surface area contributed by atoms with Gasteiger partial charge in [0.15, 0.2) is 0 Å². The molecule has 0 bridgehead atoms. The van der Waals surface area contributed by atoms with Gasteiger partial charge in [-0.1, -0.05) is 0 Å². The first-order valence-electron chi connectivity index (χ1n) is 6.35. The SMILES string of the molecule is COC1(CNS(=O)(=O)c2ccc(N)cc2C#N)CCOC1. The lowest BCUT2D eigenvalue weighted by Crippen LogP contribution is -2.45. The van der Waals surface area contributed by atoms with Crippen LogP contribution in [0.5, 0.6) is 0 Å². The zero-order chi connectivity index (χ0) is 15.5. The Morgan fingerprint density at radius 2 is 2.33 bits per heavy atom. The average Bonchev–Trinajstić information content (AvgIpc) is 2.94. The Labute approximate surface area is 123 Å². The summed E-state index contributed by atoms with van der Waals surface area (Å²) >= 11 is 0. The van der Waals surface area contributed by atoms with E-state index >= 15 is 0 Å². The molecule has 21 heavy (non-hydrogen) atoms. The number of hydrogen-bond acceptors (Lipinski definition) is 6. The van der Waals surface area contributed by atoms with E-state index < -0.39 is 15.6 Å². The van der Waals surface area contributed by atoms with Crippen LogP contribution in [0.25, 0.3) is 0 Å². The number of nitrogen functional groups attached to an aromatic ring is 1. The molecule has 0 spiro atoms. The molecule has 1 aliphatic heterocycles. The van der Waals surface area contributed by atoms with Crippen molar-refractivity contribution in [1.82, 2.24) is 4.72 Å². The molecule has 7 nitrogen and oxygen atoms in total. The van der Waals surface area contributed by atoms with Gasteiger partial charge in [0.05, 0.1) is 17.1 Å². The molecule has 2 rings (SSSR count). The van der Waals surface area contributed by atoms with Gasteiger partial charge in [-0.2, -0.15) is 5.26 Å². The third kappa shape index (κ3) is 3.33. The van der Waals surface area contributed by atoms with Crippen LogP contribution in [0, 0.1) is 11.3 Å². The third-order valence-corrected chi connectivity index (χ3v) is 4.96. The number of benzene rings is 1. The fraction of sp³-hybridized carbons (Fsp3) is 0.462. The van der Waals surface area contributed by atoms with Crippen LogP contribution in [0.4, 0.5) is 5.69 Å². The first-order valence-corrected chi connectivity index (χ1v) is 7.83. The standard InChI is InChI=1S/C13H17N3O4S/c1-19-13(4-5-20-9-13)8-16-21(17,18)12-3-2-11(15)6-10(12)7-14/h2-3,6,16H,4-5,8-9,15H2,1H3. The molecule has 1 aromatic carbocycles. The highest BCUT2D eigenvalue weighted by Gasteiger charge is 2.36. The van der Waals surface area contributed by atoms with Crippen molar-refractivity contribution in [2.45, 2.75) is 16.9 Å². The maximum absolute atomic E-state index is 12.3. The molecule has 1 aliphatic rings. The summed E-state index contributed by atoms with van der Waals surface area (Å²) in [6.07, 6.45) is 0.610. The first kappa shape index (κ1) is 15.7. The highest BCUT2D eigenvalue weighted by atomic mass is 32.2. The number of nitrogens with two attached hydrogens (primary N) is 1. The molecule has 1 saturated heterocycles. The van der Waals surface area contributed by atoms with Crippen molar-refractivity contribution in [1.29, 1.82) is 5.26 Å². The van der Waals surface area contributed by atoms with Crippen molar-refractivity contribution in [2.75, 3.05) is 32.6 Å². The summed E-state index contributed by atoms with van der Waals surface area (Å²) in [5.74, 6) is 0. The molecule has 0 amide bonds. The predicted octanol–water partition coefficient (Wildman–Crippen LogP) is 0.224. The molecule has 0 saturated carbocycles. The summed E-state index contributed by atoms with van der Waals surface area (Å²) in [5, 5.41) is 9.04. The Bertz CT molecular complexity index is 660. The quantitative estimate of drug-likeness (QED) is 0.752. The summed E-state index contributed by atoms with van der Waals surface area (Å²) < 4.78 is 37.8. The van der Waals surface area contributed by atoms with Crippen molar-refractivity contribution in [3.63, 3.8) is 0 Å². The van der Waals surface area contributed by atoms with E-state index in [1.54, 1.807) is 0 Å². The summed E-state index contributed by atoms with van der Waals surface area (Å²) in [6.45, 7) is 0.945. The number of rotatable bonds is 5. The summed E-state index contributed by atoms with van der Waals surface area (Å²) in [6, 6.07) is 5.94. The van der Waals surface area contributed by atoms with Gasteiger partial charge in [-0.15, -0.1) is 0 Å². The number of nitrogens with zero attached hydrogens (tertiary/aromatic N) is 1. The maximum atomic E-state index is 12.3. The monoisotopic (exact) mass is 311 g/mol. The van der Waals surface area contributed by atoms with Crippen LogP contribution in [0.3, 0.4) is 0 Å². The van der Waals surface area contributed by atoms with E-state index in [2.05, 4.69) is 4.72 Å². The fourth-order valence-corrected chi connectivity index (χ4v) is 3.38. The Hall–Kier alpha value is -1.66. The molecule has 1 atom stereocenters. The highest BCUT2D eigenvalue weighted by molar-refractivity contribution is 7.89. The number of methoxy groups -OCH3 is 1. The lowest BCUT2D eigenvalue weighted by Gasteiger charge is -2.25. The first-order chi connectivity index (χ1) is 9.92. The second-order valence-electron chi connectivity index (χ2n) is 4.88. The Balaban J connectivity index is 2.21. The third-order valence-electron chi connectivity index (χ3n) is 3.50. The van der Waals surface area contributed by atoms with Crippen LogP contribution in [-0.4, -0.2) is 40.9 Å². The zero-order valence-corrected chi connectivity index (χ0v) is 12.4. The normalized spacial score (nSPS) is 22.1. The van der Waals surface area contributed by atoms with Gasteiger partial charge in [0.25, 0.3) is 0 Å². The van der Waals surface area contributed by atoms with E-state index in [-0.39, 0.29) is 17.0 Å². The topological polar surface area (TPSA) is 114 Å². The zero-order valence-electron chi connectivity index (χ0n) is 11.6. The van der Waals surface area contributed by atoms with Crippen LogP contribution in [-0.2, 0) is 19.5 Å². The molecule has 0 aliphatic carbocycles. The number of sulfonamides is 1. The van der Waals surface area contributed by atoms with Gasteiger partial charge in [0, 0.05) is 32.4 Å².